The average molecular weight is 254 g/mol. The van der Waals surface area contributed by atoms with Crippen molar-refractivity contribution in [2.75, 3.05) is 6.61 Å². The van der Waals surface area contributed by atoms with E-state index in [4.69, 9.17) is 4.74 Å². The molecule has 0 aliphatic carbocycles. The Bertz CT molecular complexity index is 307. The summed E-state index contributed by atoms with van der Waals surface area (Å²) in [5.74, 6) is -1.26. The molecule has 0 bridgehead atoms. The number of esters is 2. The molecule has 102 valence electrons. The summed E-state index contributed by atoms with van der Waals surface area (Å²) >= 11 is 0. The molecule has 0 amide bonds. The zero-order valence-corrected chi connectivity index (χ0v) is 11.1. The molecular weight excluding hydrogens is 232 g/mol. The van der Waals surface area contributed by atoms with E-state index in [2.05, 4.69) is 11.7 Å². The number of unbranched alkanes of at least 4 members (excludes halogenated alkanes) is 7. The molecule has 0 N–H and O–H groups in total. The fourth-order valence-corrected chi connectivity index (χ4v) is 1.86. The van der Waals surface area contributed by atoms with Crippen LogP contribution in [-0.2, 0) is 19.1 Å². The predicted octanol–water partition coefficient (Wildman–Crippen LogP) is 3.11. The second-order valence-corrected chi connectivity index (χ2v) is 4.54. The molecule has 0 unspecified atom stereocenters. The van der Waals surface area contributed by atoms with Crippen LogP contribution in [0.1, 0.15) is 58.3 Å². The first kappa shape index (κ1) is 14.7. The molecule has 0 saturated carbocycles. The minimum atomic E-state index is -0.667. The van der Waals surface area contributed by atoms with Crippen LogP contribution < -0.4 is 0 Å². The molecule has 0 fully saturated rings. The van der Waals surface area contributed by atoms with Crippen molar-refractivity contribution in [3.8, 4) is 0 Å². The molecule has 0 aromatic rings. The third-order valence-electron chi connectivity index (χ3n) is 2.90. The SMILES string of the molecule is CCCCCCCCCCOC1=CC(=O)OC1=O. The molecule has 18 heavy (non-hydrogen) atoms. The summed E-state index contributed by atoms with van der Waals surface area (Å²) in [6.45, 7) is 2.69. The van der Waals surface area contributed by atoms with Gasteiger partial charge >= 0.3 is 11.9 Å². The highest BCUT2D eigenvalue weighted by atomic mass is 16.6. The molecule has 4 nitrogen and oxygen atoms in total. The van der Waals surface area contributed by atoms with Gasteiger partial charge in [0.05, 0.1) is 12.7 Å². The Labute approximate surface area is 108 Å². The predicted molar refractivity (Wildman–Crippen MR) is 67.7 cm³/mol. The van der Waals surface area contributed by atoms with E-state index in [0.717, 1.165) is 18.9 Å². The second-order valence-electron chi connectivity index (χ2n) is 4.54. The summed E-state index contributed by atoms with van der Waals surface area (Å²) in [6, 6.07) is 0. The van der Waals surface area contributed by atoms with Crippen LogP contribution in [0.2, 0.25) is 0 Å². The third kappa shape index (κ3) is 5.84. The Hall–Kier alpha value is -1.32. The second kappa shape index (κ2) is 8.72. The molecule has 0 aromatic heterocycles. The van der Waals surface area contributed by atoms with Gasteiger partial charge in [-0.1, -0.05) is 51.9 Å². The lowest BCUT2D eigenvalue weighted by Crippen LogP contribution is -2.05. The van der Waals surface area contributed by atoms with Crippen LogP contribution in [0.5, 0.6) is 0 Å². The van der Waals surface area contributed by atoms with E-state index in [-0.39, 0.29) is 5.76 Å². The first-order valence-electron chi connectivity index (χ1n) is 6.84. The highest BCUT2D eigenvalue weighted by Gasteiger charge is 2.24. The maximum Gasteiger partial charge on any atom is 0.381 e. The van der Waals surface area contributed by atoms with E-state index in [1.807, 2.05) is 0 Å². The number of carbonyl (C=O) groups excluding carboxylic acids is 2. The van der Waals surface area contributed by atoms with Gasteiger partial charge in [0.15, 0.2) is 0 Å². The van der Waals surface area contributed by atoms with E-state index in [0.29, 0.717) is 6.61 Å². The summed E-state index contributed by atoms with van der Waals surface area (Å²) in [5.41, 5.74) is 0. The number of hydrogen-bond donors (Lipinski definition) is 0. The molecule has 0 radical (unpaired) electrons. The highest BCUT2D eigenvalue weighted by Crippen LogP contribution is 2.12. The lowest BCUT2D eigenvalue weighted by molar-refractivity contribution is -0.152. The van der Waals surface area contributed by atoms with Crippen LogP contribution in [0.25, 0.3) is 0 Å². The Kier molecular flexibility index (Phi) is 7.14. The summed E-state index contributed by atoms with van der Waals surface area (Å²) in [5, 5.41) is 0. The lowest BCUT2D eigenvalue weighted by Gasteiger charge is -2.04. The van der Waals surface area contributed by atoms with Crippen molar-refractivity contribution in [2.24, 2.45) is 0 Å². The monoisotopic (exact) mass is 254 g/mol. The quantitative estimate of drug-likeness (QED) is 0.341. The van der Waals surface area contributed by atoms with Gasteiger partial charge in [0.25, 0.3) is 0 Å². The molecule has 1 heterocycles. The Morgan fingerprint density at radius 1 is 1.00 bits per heavy atom. The van der Waals surface area contributed by atoms with E-state index in [9.17, 15) is 9.59 Å². The molecule has 1 aliphatic rings. The smallest absolute Gasteiger partial charge is 0.381 e. The first-order chi connectivity index (χ1) is 8.74. The largest absolute Gasteiger partial charge is 0.486 e. The fraction of sp³-hybridized carbons (Fsp3) is 0.714. The third-order valence-corrected chi connectivity index (χ3v) is 2.90. The summed E-state index contributed by atoms with van der Waals surface area (Å²) in [4.78, 5) is 21.7. The Balaban J connectivity index is 1.91. The van der Waals surface area contributed by atoms with Gasteiger partial charge in [0.2, 0.25) is 5.76 Å². The topological polar surface area (TPSA) is 52.6 Å². The van der Waals surface area contributed by atoms with Gasteiger partial charge in [0, 0.05) is 0 Å². The van der Waals surface area contributed by atoms with Crippen LogP contribution in [0.4, 0.5) is 0 Å². The van der Waals surface area contributed by atoms with Gasteiger partial charge in [0.1, 0.15) is 0 Å². The van der Waals surface area contributed by atoms with E-state index < -0.39 is 11.9 Å². The van der Waals surface area contributed by atoms with Crippen LogP contribution in [-0.4, -0.2) is 18.5 Å². The Morgan fingerprint density at radius 2 is 1.61 bits per heavy atom. The number of carbonyl (C=O) groups is 2. The number of hydrogen-bond acceptors (Lipinski definition) is 4. The van der Waals surface area contributed by atoms with Crippen molar-refractivity contribution in [1.82, 2.24) is 0 Å². The van der Waals surface area contributed by atoms with Gasteiger partial charge in [-0.15, -0.1) is 0 Å². The Morgan fingerprint density at radius 3 is 2.17 bits per heavy atom. The van der Waals surface area contributed by atoms with Gasteiger partial charge in [-0.2, -0.15) is 0 Å². The zero-order valence-electron chi connectivity index (χ0n) is 11.1. The molecule has 0 spiro atoms. The standard InChI is InChI=1S/C14H22O4/c1-2-3-4-5-6-7-8-9-10-17-12-11-13(15)18-14(12)16/h11H,2-10H2,1H3. The number of ether oxygens (including phenoxy) is 2. The van der Waals surface area contributed by atoms with E-state index >= 15 is 0 Å². The van der Waals surface area contributed by atoms with Gasteiger partial charge < -0.3 is 9.47 Å². The molecule has 0 saturated heterocycles. The van der Waals surface area contributed by atoms with Crippen LogP contribution in [0, 0.1) is 0 Å². The van der Waals surface area contributed by atoms with Crippen molar-refractivity contribution in [3.63, 3.8) is 0 Å². The molecule has 1 aliphatic heterocycles. The van der Waals surface area contributed by atoms with Crippen molar-refractivity contribution >= 4 is 11.9 Å². The highest BCUT2D eigenvalue weighted by molar-refractivity contribution is 6.07. The van der Waals surface area contributed by atoms with Crippen molar-refractivity contribution < 1.29 is 19.1 Å². The first-order valence-corrected chi connectivity index (χ1v) is 6.84. The van der Waals surface area contributed by atoms with Gasteiger partial charge in [-0.05, 0) is 6.42 Å². The van der Waals surface area contributed by atoms with E-state index in [1.165, 1.54) is 38.5 Å². The fourth-order valence-electron chi connectivity index (χ4n) is 1.86. The van der Waals surface area contributed by atoms with Gasteiger partial charge in [-0.25, -0.2) is 9.59 Å². The molecule has 0 aromatic carbocycles. The molecule has 0 atom stereocenters. The average Bonchev–Trinajstić information content (AvgIpc) is 2.66. The summed E-state index contributed by atoms with van der Waals surface area (Å²) < 4.78 is 9.51. The van der Waals surface area contributed by atoms with Crippen LogP contribution in [0.3, 0.4) is 0 Å². The zero-order chi connectivity index (χ0) is 13.2. The van der Waals surface area contributed by atoms with Crippen LogP contribution in [0.15, 0.2) is 11.8 Å². The minimum Gasteiger partial charge on any atom is -0.486 e. The van der Waals surface area contributed by atoms with Crippen molar-refractivity contribution in [1.29, 1.82) is 0 Å². The lowest BCUT2D eigenvalue weighted by atomic mass is 10.1. The number of rotatable bonds is 10. The summed E-state index contributed by atoms with van der Waals surface area (Å²) in [6.07, 6.45) is 10.8. The van der Waals surface area contributed by atoms with Crippen molar-refractivity contribution in [2.45, 2.75) is 58.3 Å². The molecule has 1 rings (SSSR count). The minimum absolute atomic E-state index is 0.0444. The summed E-state index contributed by atoms with van der Waals surface area (Å²) in [7, 11) is 0. The number of cyclic esters (lactones) is 2. The molecule has 4 heteroatoms. The normalized spacial score (nSPS) is 14.6. The maximum atomic E-state index is 11.0. The van der Waals surface area contributed by atoms with Crippen LogP contribution >= 0.6 is 0 Å². The molecular formula is C14H22O4. The maximum absolute atomic E-state index is 11.0. The van der Waals surface area contributed by atoms with E-state index in [1.54, 1.807) is 0 Å². The van der Waals surface area contributed by atoms with Gasteiger partial charge in [-0.3, -0.25) is 0 Å². The van der Waals surface area contributed by atoms with Crippen molar-refractivity contribution in [3.05, 3.63) is 11.8 Å².